The fourth-order valence-corrected chi connectivity index (χ4v) is 4.60. The Morgan fingerprint density at radius 3 is 1.47 bits per heavy atom. The number of ether oxygens (including phenoxy) is 2. The molecule has 0 saturated carbocycles. The molecule has 0 aliphatic rings. The Morgan fingerprint density at radius 2 is 1.05 bits per heavy atom. The molecule has 10 heteroatoms. The topological polar surface area (TPSA) is 101 Å². The summed E-state index contributed by atoms with van der Waals surface area (Å²) in [6.07, 6.45) is 3.67. The lowest BCUT2D eigenvalue weighted by Gasteiger charge is -2.10. The van der Waals surface area contributed by atoms with E-state index in [0.29, 0.717) is 42.3 Å². The highest BCUT2D eigenvalue weighted by atomic mass is 79.9. The minimum Gasteiger partial charge on any atom is -0.488 e. The number of hydrazone groups is 2. The third kappa shape index (κ3) is 11.1. The van der Waals surface area contributed by atoms with Crippen molar-refractivity contribution in [2.24, 2.45) is 10.2 Å². The van der Waals surface area contributed by atoms with E-state index in [9.17, 15) is 9.59 Å². The molecule has 220 valence electrons. The van der Waals surface area contributed by atoms with Crippen LogP contribution in [0.4, 0.5) is 0 Å². The first-order valence-electron chi connectivity index (χ1n) is 13.5. The van der Waals surface area contributed by atoms with Gasteiger partial charge in [-0.3, -0.25) is 9.59 Å². The van der Waals surface area contributed by atoms with Crippen LogP contribution in [0.25, 0.3) is 0 Å². The molecule has 0 radical (unpaired) electrons. The maximum atomic E-state index is 12.3. The maximum absolute atomic E-state index is 12.3. The Kier molecular flexibility index (Phi) is 12.5. The fraction of sp³-hybridized carbons (Fsp3) is 0.152. The van der Waals surface area contributed by atoms with E-state index in [1.807, 2.05) is 97.1 Å². The SMILES string of the molecule is O=C(CCCC(=O)N/N=C/c1cc(Br)ccc1OCc1ccccc1)N/N=C/c1cc(Br)ccc1OCc1ccccc1. The highest BCUT2D eigenvalue weighted by Gasteiger charge is 2.07. The second kappa shape index (κ2) is 17.0. The van der Waals surface area contributed by atoms with Crippen molar-refractivity contribution in [3.05, 3.63) is 128 Å². The quantitative estimate of drug-likeness (QED) is 0.108. The molecule has 43 heavy (non-hydrogen) atoms. The Balaban J connectivity index is 1.19. The van der Waals surface area contributed by atoms with Crippen LogP contribution in [-0.2, 0) is 22.8 Å². The average Bonchev–Trinajstić information content (AvgIpc) is 3.01. The first-order valence-corrected chi connectivity index (χ1v) is 15.1. The van der Waals surface area contributed by atoms with Crippen LogP contribution in [-0.4, -0.2) is 24.2 Å². The van der Waals surface area contributed by atoms with Gasteiger partial charge in [0.15, 0.2) is 0 Å². The average molecular weight is 706 g/mol. The van der Waals surface area contributed by atoms with Gasteiger partial charge in [0, 0.05) is 32.9 Å². The van der Waals surface area contributed by atoms with Crippen LogP contribution in [0, 0.1) is 0 Å². The summed E-state index contributed by atoms with van der Waals surface area (Å²) in [6, 6.07) is 30.8. The second-order valence-electron chi connectivity index (χ2n) is 9.35. The number of hydrogen-bond donors (Lipinski definition) is 2. The third-order valence-corrected chi connectivity index (χ3v) is 7.00. The van der Waals surface area contributed by atoms with Gasteiger partial charge in [-0.1, -0.05) is 92.5 Å². The Bertz CT molecular complexity index is 1450. The van der Waals surface area contributed by atoms with Gasteiger partial charge in [-0.05, 0) is 53.9 Å². The summed E-state index contributed by atoms with van der Waals surface area (Å²) < 4.78 is 13.6. The lowest BCUT2D eigenvalue weighted by Crippen LogP contribution is -2.20. The summed E-state index contributed by atoms with van der Waals surface area (Å²) in [5.74, 6) is 0.673. The summed E-state index contributed by atoms with van der Waals surface area (Å²) in [5.41, 5.74) is 8.52. The van der Waals surface area contributed by atoms with Crippen LogP contribution in [0.15, 0.2) is 116 Å². The number of amides is 2. The highest BCUT2D eigenvalue weighted by molar-refractivity contribution is 9.10. The van der Waals surface area contributed by atoms with Crippen LogP contribution < -0.4 is 20.3 Å². The van der Waals surface area contributed by atoms with E-state index >= 15 is 0 Å². The Labute approximate surface area is 267 Å². The van der Waals surface area contributed by atoms with Gasteiger partial charge in [0.25, 0.3) is 0 Å². The van der Waals surface area contributed by atoms with E-state index in [0.717, 1.165) is 20.1 Å². The smallest absolute Gasteiger partial charge is 0.240 e. The monoisotopic (exact) mass is 704 g/mol. The van der Waals surface area contributed by atoms with Gasteiger partial charge in [-0.25, -0.2) is 10.9 Å². The predicted molar refractivity (Wildman–Crippen MR) is 175 cm³/mol. The first-order chi connectivity index (χ1) is 21.0. The summed E-state index contributed by atoms with van der Waals surface area (Å²) in [5, 5.41) is 8.13. The summed E-state index contributed by atoms with van der Waals surface area (Å²) >= 11 is 6.91. The number of nitrogens with one attached hydrogen (secondary N) is 2. The molecule has 0 fully saturated rings. The molecular weight excluding hydrogens is 676 g/mol. The van der Waals surface area contributed by atoms with Crippen LogP contribution in [0.5, 0.6) is 11.5 Å². The third-order valence-electron chi connectivity index (χ3n) is 6.01. The van der Waals surface area contributed by atoms with Gasteiger partial charge in [-0.2, -0.15) is 10.2 Å². The first kappa shape index (κ1) is 31.7. The molecule has 4 aromatic rings. The number of nitrogens with zero attached hydrogens (tertiary/aromatic N) is 2. The molecule has 4 aromatic carbocycles. The van der Waals surface area contributed by atoms with Gasteiger partial charge in [0.05, 0.1) is 12.4 Å². The van der Waals surface area contributed by atoms with Crippen molar-refractivity contribution in [1.29, 1.82) is 0 Å². The van der Waals surface area contributed by atoms with Crippen molar-refractivity contribution in [3.63, 3.8) is 0 Å². The van der Waals surface area contributed by atoms with Gasteiger partial charge in [0.1, 0.15) is 24.7 Å². The maximum Gasteiger partial charge on any atom is 0.240 e. The van der Waals surface area contributed by atoms with Gasteiger partial charge >= 0.3 is 0 Å². The number of benzene rings is 4. The summed E-state index contributed by atoms with van der Waals surface area (Å²) in [4.78, 5) is 24.5. The molecule has 0 atom stereocenters. The fourth-order valence-electron chi connectivity index (χ4n) is 3.84. The highest BCUT2D eigenvalue weighted by Crippen LogP contribution is 2.24. The van der Waals surface area contributed by atoms with Crippen LogP contribution >= 0.6 is 31.9 Å². The molecule has 0 bridgehead atoms. The number of hydrogen-bond acceptors (Lipinski definition) is 6. The largest absolute Gasteiger partial charge is 0.488 e. The molecule has 0 heterocycles. The molecular formula is C33H30Br2N4O4. The van der Waals surface area contributed by atoms with Crippen molar-refractivity contribution in [1.82, 2.24) is 10.9 Å². The molecule has 8 nitrogen and oxygen atoms in total. The van der Waals surface area contributed by atoms with Crippen molar-refractivity contribution in [3.8, 4) is 11.5 Å². The second-order valence-corrected chi connectivity index (χ2v) is 11.2. The molecule has 2 N–H and O–H groups in total. The number of carbonyl (C=O) groups is 2. The molecule has 0 aliphatic heterocycles. The minimum absolute atomic E-state index is 0.132. The van der Waals surface area contributed by atoms with Crippen molar-refractivity contribution < 1.29 is 19.1 Å². The predicted octanol–water partition coefficient (Wildman–Crippen LogP) is 7.14. The van der Waals surface area contributed by atoms with E-state index in [1.54, 1.807) is 0 Å². The summed E-state index contributed by atoms with van der Waals surface area (Å²) in [6.45, 7) is 0.821. The lowest BCUT2D eigenvalue weighted by atomic mass is 10.2. The standard InChI is InChI=1S/C33H30Br2N4O4/c34-28-14-16-30(42-22-24-8-3-1-4-9-24)26(18-28)20-36-38-32(40)12-7-13-33(41)39-37-21-27-19-29(35)15-17-31(27)43-23-25-10-5-2-6-11-25/h1-6,8-11,14-21H,7,12-13,22-23H2,(H,38,40)(H,39,41)/b36-20+,37-21+. The van der Waals surface area contributed by atoms with Gasteiger partial charge in [-0.15, -0.1) is 0 Å². The van der Waals surface area contributed by atoms with Crippen LogP contribution in [0.3, 0.4) is 0 Å². The molecule has 0 aromatic heterocycles. The molecule has 4 rings (SSSR count). The van der Waals surface area contributed by atoms with E-state index in [4.69, 9.17) is 9.47 Å². The van der Waals surface area contributed by atoms with Crippen LogP contribution in [0.1, 0.15) is 41.5 Å². The molecule has 2 amide bonds. The van der Waals surface area contributed by atoms with E-state index in [1.165, 1.54) is 12.4 Å². The zero-order valence-electron chi connectivity index (χ0n) is 23.2. The Hall–Kier alpha value is -4.28. The van der Waals surface area contributed by atoms with Crippen LogP contribution in [0.2, 0.25) is 0 Å². The van der Waals surface area contributed by atoms with Crippen molar-refractivity contribution >= 4 is 56.1 Å². The Morgan fingerprint density at radius 1 is 0.628 bits per heavy atom. The van der Waals surface area contributed by atoms with Crippen molar-refractivity contribution in [2.45, 2.75) is 32.5 Å². The number of carbonyl (C=O) groups excluding carboxylic acids is 2. The minimum atomic E-state index is -0.302. The van der Waals surface area contributed by atoms with Crippen molar-refractivity contribution in [2.75, 3.05) is 0 Å². The molecule has 0 unspecified atom stereocenters. The summed E-state index contributed by atoms with van der Waals surface area (Å²) in [7, 11) is 0. The normalized spacial score (nSPS) is 11.0. The van der Waals surface area contributed by atoms with E-state index in [2.05, 4.69) is 52.9 Å². The molecule has 0 saturated heterocycles. The van der Waals surface area contributed by atoms with Gasteiger partial charge in [0.2, 0.25) is 11.8 Å². The van der Waals surface area contributed by atoms with E-state index in [-0.39, 0.29) is 24.7 Å². The number of halogens is 2. The zero-order valence-corrected chi connectivity index (χ0v) is 26.4. The van der Waals surface area contributed by atoms with E-state index < -0.39 is 0 Å². The zero-order chi connectivity index (χ0) is 30.3. The molecule has 0 aliphatic carbocycles. The lowest BCUT2D eigenvalue weighted by molar-refractivity contribution is -0.122. The van der Waals surface area contributed by atoms with Gasteiger partial charge < -0.3 is 9.47 Å². The number of rotatable bonds is 14. The molecule has 0 spiro atoms.